The Morgan fingerprint density at radius 1 is 1.75 bits per heavy atom. The zero-order valence-electron chi connectivity index (χ0n) is 4.07. The van der Waals surface area contributed by atoms with Crippen LogP contribution in [0.1, 0.15) is 0 Å². The molecule has 0 aliphatic carbocycles. The lowest BCUT2D eigenvalue weighted by atomic mass is 10.7. The quantitative estimate of drug-likeness (QED) is 0.290. The maximum absolute atomic E-state index is 8.57. The molecule has 8 heavy (non-hydrogen) atoms. The zero-order valence-corrected chi connectivity index (χ0v) is 4.07. The van der Waals surface area contributed by atoms with Crippen LogP contribution in [0.5, 0.6) is 0 Å². The molecule has 1 aromatic rings. The summed E-state index contributed by atoms with van der Waals surface area (Å²) in [5.41, 5.74) is 0.0625. The fraction of sp³-hybridized carbons (Fsp3) is 0. The van der Waals surface area contributed by atoms with Gasteiger partial charge in [0.2, 0.25) is 0 Å². The Kier molecular flexibility index (Phi) is 0.768. The molecule has 1 rings (SSSR count). The van der Waals surface area contributed by atoms with Gasteiger partial charge in [0.1, 0.15) is 0 Å². The SMILES string of the molecule is N=c1ccn(O)n1N. The smallest absolute Gasteiger partial charge is 0.167 e. The molecule has 5 heteroatoms. The molecule has 0 saturated heterocycles. The van der Waals surface area contributed by atoms with E-state index >= 15 is 0 Å². The number of hydrogen-bond acceptors (Lipinski definition) is 3. The van der Waals surface area contributed by atoms with Crippen molar-refractivity contribution in [2.75, 3.05) is 5.84 Å². The minimum absolute atomic E-state index is 0.0625. The molecule has 5 nitrogen and oxygen atoms in total. The van der Waals surface area contributed by atoms with Gasteiger partial charge in [-0.3, -0.25) is 5.41 Å². The Hall–Kier alpha value is -1.39. The summed E-state index contributed by atoms with van der Waals surface area (Å²) in [6.07, 6.45) is 1.28. The van der Waals surface area contributed by atoms with Gasteiger partial charge in [-0.15, -0.1) is 4.85 Å². The van der Waals surface area contributed by atoms with Crippen LogP contribution < -0.4 is 11.3 Å². The lowest BCUT2D eigenvalue weighted by Crippen LogP contribution is -2.28. The molecule has 0 amide bonds. The van der Waals surface area contributed by atoms with Gasteiger partial charge in [0, 0.05) is 6.07 Å². The monoisotopic (exact) mass is 114 g/mol. The fourth-order valence-electron chi connectivity index (χ4n) is 0.396. The Labute approximate surface area is 45.0 Å². The Bertz CT molecular complexity index is 234. The van der Waals surface area contributed by atoms with E-state index in [0.29, 0.717) is 4.85 Å². The van der Waals surface area contributed by atoms with E-state index in [1.54, 1.807) is 0 Å². The largest absolute Gasteiger partial charge is 0.412 e. The van der Waals surface area contributed by atoms with Gasteiger partial charge in [-0.1, -0.05) is 0 Å². The van der Waals surface area contributed by atoms with Crippen LogP contribution in [0.2, 0.25) is 0 Å². The fourth-order valence-corrected chi connectivity index (χ4v) is 0.396. The van der Waals surface area contributed by atoms with Crippen LogP contribution in [0.3, 0.4) is 0 Å². The molecule has 0 aliphatic heterocycles. The molecule has 0 fully saturated rings. The molecule has 0 aromatic carbocycles. The Morgan fingerprint density at radius 3 is 2.50 bits per heavy atom. The van der Waals surface area contributed by atoms with E-state index in [1.165, 1.54) is 12.3 Å². The minimum Gasteiger partial charge on any atom is -0.412 e. The van der Waals surface area contributed by atoms with Crippen molar-refractivity contribution < 1.29 is 5.21 Å². The molecule has 0 radical (unpaired) electrons. The average Bonchev–Trinajstić information content (AvgIpc) is 1.98. The van der Waals surface area contributed by atoms with Crippen LogP contribution >= 0.6 is 0 Å². The van der Waals surface area contributed by atoms with Crippen LogP contribution in [-0.4, -0.2) is 14.8 Å². The second kappa shape index (κ2) is 1.29. The highest BCUT2D eigenvalue weighted by Gasteiger charge is 1.87. The van der Waals surface area contributed by atoms with Gasteiger partial charge in [-0.2, -0.15) is 4.79 Å². The number of nitrogen functional groups attached to an aromatic ring is 1. The lowest BCUT2D eigenvalue weighted by molar-refractivity contribution is 0.120. The molecule has 0 saturated carbocycles. The highest BCUT2D eigenvalue weighted by molar-refractivity contribution is 4.77. The van der Waals surface area contributed by atoms with Gasteiger partial charge in [0.15, 0.2) is 5.49 Å². The zero-order chi connectivity index (χ0) is 6.15. The standard InChI is InChI=1S/C3H6N4O/c4-3-1-2-6(8)7(3)5/h1-2,4,8H,5H2. The lowest BCUT2D eigenvalue weighted by Gasteiger charge is -1.94. The summed E-state index contributed by atoms with van der Waals surface area (Å²) in [5.74, 6) is 5.04. The first-order chi connectivity index (χ1) is 3.72. The molecule has 0 unspecified atom stereocenters. The van der Waals surface area contributed by atoms with Gasteiger partial charge in [-0.25, -0.2) is 0 Å². The first kappa shape index (κ1) is 4.76. The van der Waals surface area contributed by atoms with Crippen molar-refractivity contribution in [1.29, 1.82) is 5.41 Å². The van der Waals surface area contributed by atoms with Crippen LogP contribution in [0, 0.1) is 5.41 Å². The number of nitrogens with one attached hydrogen (secondary N) is 1. The number of aromatic nitrogens is 2. The van der Waals surface area contributed by atoms with E-state index < -0.39 is 0 Å². The predicted octanol–water partition coefficient (Wildman–Crippen LogP) is -1.28. The molecule has 0 aliphatic rings. The summed E-state index contributed by atoms with van der Waals surface area (Å²) >= 11 is 0. The summed E-state index contributed by atoms with van der Waals surface area (Å²) in [4.78, 5) is 1.43. The van der Waals surface area contributed by atoms with E-state index in [0.717, 1.165) is 4.79 Å². The Morgan fingerprint density at radius 2 is 2.38 bits per heavy atom. The van der Waals surface area contributed by atoms with Crippen LogP contribution in [0.4, 0.5) is 0 Å². The van der Waals surface area contributed by atoms with E-state index in [2.05, 4.69) is 0 Å². The van der Waals surface area contributed by atoms with Crippen molar-refractivity contribution in [3.8, 4) is 0 Å². The molecular weight excluding hydrogens is 108 g/mol. The van der Waals surface area contributed by atoms with Gasteiger partial charge >= 0.3 is 0 Å². The molecule has 1 aromatic heterocycles. The first-order valence-electron chi connectivity index (χ1n) is 2.01. The third-order valence-electron chi connectivity index (χ3n) is 0.833. The van der Waals surface area contributed by atoms with Crippen molar-refractivity contribution in [2.24, 2.45) is 0 Å². The first-order valence-corrected chi connectivity index (χ1v) is 2.01. The molecule has 4 N–H and O–H groups in total. The second-order valence-corrected chi connectivity index (χ2v) is 1.37. The minimum atomic E-state index is 0.0625. The molecule has 0 atom stereocenters. The summed E-state index contributed by atoms with van der Waals surface area (Å²) in [6, 6.07) is 1.38. The van der Waals surface area contributed by atoms with E-state index in [1.807, 2.05) is 0 Å². The topological polar surface area (TPSA) is 80.0 Å². The van der Waals surface area contributed by atoms with Crippen LogP contribution in [0.15, 0.2) is 12.3 Å². The number of hydrogen-bond donors (Lipinski definition) is 3. The van der Waals surface area contributed by atoms with E-state index in [4.69, 9.17) is 16.5 Å². The van der Waals surface area contributed by atoms with Gasteiger partial charge in [0.25, 0.3) is 0 Å². The van der Waals surface area contributed by atoms with Crippen LogP contribution in [0.25, 0.3) is 0 Å². The third-order valence-corrected chi connectivity index (χ3v) is 0.833. The number of nitrogens with two attached hydrogens (primary N) is 1. The normalized spacial score (nSPS) is 9.50. The van der Waals surface area contributed by atoms with E-state index in [-0.39, 0.29) is 5.49 Å². The van der Waals surface area contributed by atoms with Crippen molar-refractivity contribution in [3.63, 3.8) is 0 Å². The molecule has 0 spiro atoms. The maximum Gasteiger partial charge on any atom is 0.167 e. The maximum atomic E-state index is 8.57. The highest BCUT2D eigenvalue weighted by Crippen LogP contribution is 1.68. The van der Waals surface area contributed by atoms with Crippen molar-refractivity contribution in [1.82, 2.24) is 9.64 Å². The average molecular weight is 114 g/mol. The predicted molar refractivity (Wildman–Crippen MR) is 25.6 cm³/mol. The number of rotatable bonds is 0. The van der Waals surface area contributed by atoms with Crippen LogP contribution in [-0.2, 0) is 0 Å². The molecule has 0 bridgehead atoms. The molecule has 44 valence electrons. The van der Waals surface area contributed by atoms with Crippen molar-refractivity contribution in [2.45, 2.75) is 0 Å². The third kappa shape index (κ3) is 0.446. The van der Waals surface area contributed by atoms with Gasteiger partial charge < -0.3 is 11.0 Å². The van der Waals surface area contributed by atoms with Crippen molar-refractivity contribution in [3.05, 3.63) is 17.8 Å². The van der Waals surface area contributed by atoms with E-state index in [9.17, 15) is 0 Å². The summed E-state index contributed by atoms with van der Waals surface area (Å²) in [6.45, 7) is 0. The molecular formula is C3H6N4O. The second-order valence-electron chi connectivity index (χ2n) is 1.37. The van der Waals surface area contributed by atoms with Gasteiger partial charge in [0.05, 0.1) is 6.20 Å². The Balaban J connectivity index is 3.41. The summed E-state index contributed by atoms with van der Waals surface area (Å²) in [7, 11) is 0. The van der Waals surface area contributed by atoms with Crippen molar-refractivity contribution >= 4 is 0 Å². The van der Waals surface area contributed by atoms with Gasteiger partial charge in [-0.05, 0) is 0 Å². The molecule has 1 heterocycles. The highest BCUT2D eigenvalue weighted by atomic mass is 16.5. The number of nitrogens with zero attached hydrogens (tertiary/aromatic N) is 2. The summed E-state index contributed by atoms with van der Waals surface area (Å²) in [5, 5.41) is 15.5. The summed E-state index contributed by atoms with van der Waals surface area (Å²) < 4.78 is 0.